The number of hydrogen-bond donors (Lipinski definition) is 2. The zero-order valence-corrected chi connectivity index (χ0v) is 11.8. The number of amides is 2. The van der Waals surface area contributed by atoms with E-state index < -0.39 is 39.4 Å². The highest BCUT2D eigenvalue weighted by molar-refractivity contribution is 7.90. The predicted octanol–water partition coefficient (Wildman–Crippen LogP) is -2.28. The van der Waals surface area contributed by atoms with E-state index in [0.29, 0.717) is 0 Å². The average molecular weight is 305 g/mol. The topological polar surface area (TPSA) is 142 Å². The Morgan fingerprint density at radius 1 is 1.35 bits per heavy atom. The molecule has 0 saturated carbocycles. The Bertz CT molecular complexity index is 522. The van der Waals surface area contributed by atoms with Gasteiger partial charge in [-0.25, -0.2) is 13.2 Å². The molecule has 0 saturated heterocycles. The van der Waals surface area contributed by atoms with Crippen molar-refractivity contribution < 1.29 is 27.5 Å². The molecule has 112 valence electrons. The Kier molecular flexibility index (Phi) is 7.24. The second-order valence-electron chi connectivity index (χ2n) is 3.81. The van der Waals surface area contributed by atoms with Crippen molar-refractivity contribution in [2.45, 2.75) is 12.5 Å². The van der Waals surface area contributed by atoms with E-state index >= 15 is 0 Å². The number of carbonyl (C=O) groups excluding carboxylic acids is 3. The zero-order valence-electron chi connectivity index (χ0n) is 11.0. The van der Waals surface area contributed by atoms with Gasteiger partial charge in [0.05, 0.1) is 25.4 Å². The van der Waals surface area contributed by atoms with Crippen molar-refractivity contribution in [3.8, 4) is 6.07 Å². The molecule has 0 fully saturated rings. The quantitative estimate of drug-likeness (QED) is 0.319. The van der Waals surface area contributed by atoms with Crippen LogP contribution in [-0.2, 0) is 29.0 Å². The molecule has 0 aliphatic heterocycles. The molecule has 0 radical (unpaired) electrons. The van der Waals surface area contributed by atoms with Gasteiger partial charge in [-0.05, 0) is 0 Å². The number of sulfone groups is 1. The summed E-state index contributed by atoms with van der Waals surface area (Å²) in [6, 6.07) is 0.349. The van der Waals surface area contributed by atoms with Crippen molar-refractivity contribution >= 4 is 27.6 Å². The lowest BCUT2D eigenvalue weighted by Crippen LogP contribution is -2.52. The minimum absolute atomic E-state index is 0.00366. The number of ether oxygens (including phenoxy) is 1. The van der Waals surface area contributed by atoms with Crippen LogP contribution in [0.4, 0.5) is 0 Å². The van der Waals surface area contributed by atoms with Crippen LogP contribution in [0, 0.1) is 11.3 Å². The number of hydrogen-bond acceptors (Lipinski definition) is 7. The summed E-state index contributed by atoms with van der Waals surface area (Å²) >= 11 is 0. The third-order valence-electron chi connectivity index (χ3n) is 2.00. The second kappa shape index (κ2) is 8.11. The summed E-state index contributed by atoms with van der Waals surface area (Å²) in [5.41, 5.74) is 0. The number of nitrogens with zero attached hydrogens (tertiary/aromatic N) is 1. The Labute approximate surface area is 116 Å². The summed E-state index contributed by atoms with van der Waals surface area (Å²) in [5, 5.41) is 12.6. The van der Waals surface area contributed by atoms with Crippen LogP contribution in [0.25, 0.3) is 0 Å². The number of nitrogens with one attached hydrogen (secondary N) is 2. The van der Waals surface area contributed by atoms with Crippen LogP contribution in [0.15, 0.2) is 0 Å². The fourth-order valence-corrected chi connectivity index (χ4v) is 2.00. The van der Waals surface area contributed by atoms with Gasteiger partial charge in [0.1, 0.15) is 15.9 Å². The van der Waals surface area contributed by atoms with Gasteiger partial charge < -0.3 is 15.4 Å². The molecule has 2 amide bonds. The normalized spacial score (nSPS) is 11.8. The van der Waals surface area contributed by atoms with Gasteiger partial charge in [0, 0.05) is 12.8 Å². The molecule has 0 aliphatic carbocycles. The van der Waals surface area contributed by atoms with Gasteiger partial charge >= 0.3 is 11.9 Å². The number of rotatable bonds is 6. The van der Waals surface area contributed by atoms with E-state index in [-0.39, 0.29) is 13.0 Å². The summed E-state index contributed by atoms with van der Waals surface area (Å²) in [7, 11) is -2.60. The van der Waals surface area contributed by atoms with Gasteiger partial charge in [-0.15, -0.1) is 0 Å². The molecule has 0 spiro atoms. The van der Waals surface area contributed by atoms with Crippen LogP contribution in [0.1, 0.15) is 6.42 Å². The highest BCUT2D eigenvalue weighted by Crippen LogP contribution is 1.94. The predicted molar refractivity (Wildman–Crippen MR) is 66.9 cm³/mol. The van der Waals surface area contributed by atoms with Crippen molar-refractivity contribution in [2.24, 2.45) is 0 Å². The SMILES string of the molecule is COC(=O)C(=O)NC(CS(C)(=O)=O)C(=O)NCCC#N. The Hall–Kier alpha value is -2.15. The van der Waals surface area contributed by atoms with Gasteiger partial charge in [-0.1, -0.05) is 0 Å². The summed E-state index contributed by atoms with van der Waals surface area (Å²) in [6.45, 7) is 0.00366. The van der Waals surface area contributed by atoms with Crippen LogP contribution >= 0.6 is 0 Å². The monoisotopic (exact) mass is 305 g/mol. The van der Waals surface area contributed by atoms with E-state index in [2.05, 4.69) is 10.1 Å². The summed E-state index contributed by atoms with van der Waals surface area (Å²) in [5.74, 6) is -3.94. The molecule has 1 atom stereocenters. The molecule has 20 heavy (non-hydrogen) atoms. The van der Waals surface area contributed by atoms with Crippen molar-refractivity contribution in [3.05, 3.63) is 0 Å². The van der Waals surface area contributed by atoms with E-state index in [1.54, 1.807) is 6.07 Å². The van der Waals surface area contributed by atoms with Gasteiger partial charge in [-0.2, -0.15) is 5.26 Å². The maximum atomic E-state index is 11.7. The molecule has 0 aromatic rings. The molecule has 9 nitrogen and oxygen atoms in total. The van der Waals surface area contributed by atoms with Crippen molar-refractivity contribution in [1.29, 1.82) is 5.26 Å². The third-order valence-corrected chi connectivity index (χ3v) is 2.94. The molecular formula is C10H15N3O6S. The van der Waals surface area contributed by atoms with Crippen molar-refractivity contribution in [2.75, 3.05) is 25.7 Å². The van der Waals surface area contributed by atoms with E-state index in [1.165, 1.54) is 0 Å². The maximum Gasteiger partial charge on any atom is 0.396 e. The number of nitriles is 1. The first-order valence-corrected chi connectivity index (χ1v) is 7.48. The zero-order chi connectivity index (χ0) is 15.8. The second-order valence-corrected chi connectivity index (χ2v) is 5.99. The number of carbonyl (C=O) groups is 3. The summed E-state index contributed by atoms with van der Waals surface area (Å²) in [4.78, 5) is 33.9. The molecule has 0 aliphatic rings. The fourth-order valence-electron chi connectivity index (χ4n) is 1.16. The first kappa shape index (κ1) is 17.8. The molecule has 0 aromatic heterocycles. The highest BCUT2D eigenvalue weighted by Gasteiger charge is 2.27. The highest BCUT2D eigenvalue weighted by atomic mass is 32.2. The number of esters is 1. The lowest BCUT2D eigenvalue weighted by molar-refractivity contribution is -0.153. The smallest absolute Gasteiger partial charge is 0.396 e. The molecule has 0 bridgehead atoms. The van der Waals surface area contributed by atoms with Gasteiger partial charge in [-0.3, -0.25) is 9.59 Å². The molecule has 0 rings (SSSR count). The van der Waals surface area contributed by atoms with Crippen LogP contribution in [0.5, 0.6) is 0 Å². The van der Waals surface area contributed by atoms with Gasteiger partial charge in [0.25, 0.3) is 0 Å². The average Bonchev–Trinajstić information content (AvgIpc) is 2.35. The van der Waals surface area contributed by atoms with Crippen molar-refractivity contribution in [1.82, 2.24) is 10.6 Å². The van der Waals surface area contributed by atoms with Gasteiger partial charge in [0.2, 0.25) is 5.91 Å². The Morgan fingerprint density at radius 2 is 1.95 bits per heavy atom. The maximum absolute atomic E-state index is 11.7. The largest absolute Gasteiger partial charge is 0.462 e. The van der Waals surface area contributed by atoms with Crippen molar-refractivity contribution in [3.63, 3.8) is 0 Å². The fraction of sp³-hybridized carbons (Fsp3) is 0.600. The molecule has 0 aromatic carbocycles. The van der Waals surface area contributed by atoms with E-state index in [4.69, 9.17) is 5.26 Å². The third kappa shape index (κ3) is 7.32. The van der Waals surface area contributed by atoms with Crippen LogP contribution in [-0.4, -0.2) is 57.9 Å². The van der Waals surface area contributed by atoms with Crippen LogP contribution < -0.4 is 10.6 Å². The Morgan fingerprint density at radius 3 is 2.40 bits per heavy atom. The Balaban J connectivity index is 4.82. The standard InChI is InChI=1S/C10H15N3O6S/c1-19-10(16)9(15)13-7(6-20(2,17)18)8(14)12-5-3-4-11/h7H,3,5-6H2,1-2H3,(H,12,14)(H,13,15). The summed E-state index contributed by atoms with van der Waals surface area (Å²) < 4.78 is 26.5. The number of methoxy groups -OCH3 is 1. The first-order chi connectivity index (χ1) is 9.21. The molecule has 2 N–H and O–H groups in total. The lowest BCUT2D eigenvalue weighted by atomic mass is 10.3. The molecule has 0 heterocycles. The van der Waals surface area contributed by atoms with E-state index in [1.807, 2.05) is 5.32 Å². The van der Waals surface area contributed by atoms with Crippen LogP contribution in [0.2, 0.25) is 0 Å². The van der Waals surface area contributed by atoms with Gasteiger partial charge in [0.15, 0.2) is 0 Å². The molecular weight excluding hydrogens is 290 g/mol. The van der Waals surface area contributed by atoms with Crippen LogP contribution in [0.3, 0.4) is 0 Å². The minimum atomic E-state index is -3.57. The summed E-state index contributed by atoms with van der Waals surface area (Å²) in [6.07, 6.45) is 0.912. The molecule has 10 heteroatoms. The van der Waals surface area contributed by atoms with E-state index in [9.17, 15) is 22.8 Å². The lowest BCUT2D eigenvalue weighted by Gasteiger charge is -2.16. The minimum Gasteiger partial charge on any atom is -0.462 e. The first-order valence-electron chi connectivity index (χ1n) is 5.42. The van der Waals surface area contributed by atoms with E-state index in [0.717, 1.165) is 13.4 Å². The molecule has 1 unspecified atom stereocenters.